The van der Waals surface area contributed by atoms with Gasteiger partial charge in [0.1, 0.15) is 0 Å². The summed E-state index contributed by atoms with van der Waals surface area (Å²) < 4.78 is 0. The van der Waals surface area contributed by atoms with Gasteiger partial charge < -0.3 is 5.32 Å². The van der Waals surface area contributed by atoms with Crippen LogP contribution in [0.15, 0.2) is 24.3 Å². The zero-order valence-corrected chi connectivity index (χ0v) is 10.8. The van der Waals surface area contributed by atoms with Gasteiger partial charge >= 0.3 is 0 Å². The van der Waals surface area contributed by atoms with Crippen molar-refractivity contribution in [3.05, 3.63) is 35.4 Å². The molecule has 2 rings (SSSR count). The van der Waals surface area contributed by atoms with Crippen LogP contribution >= 0.6 is 0 Å². The summed E-state index contributed by atoms with van der Waals surface area (Å²) in [6.45, 7) is 3.29. The predicted octanol–water partition coefficient (Wildman–Crippen LogP) is 1.07. The largest absolute Gasteiger partial charge is 0.319 e. The van der Waals surface area contributed by atoms with Crippen molar-refractivity contribution in [1.82, 2.24) is 10.2 Å². The molecule has 0 aliphatic carbocycles. The topological polar surface area (TPSA) is 49.4 Å². The van der Waals surface area contributed by atoms with Crippen molar-refractivity contribution in [3.63, 3.8) is 0 Å². The van der Waals surface area contributed by atoms with Gasteiger partial charge in [-0.1, -0.05) is 25.1 Å². The van der Waals surface area contributed by atoms with Gasteiger partial charge in [0.05, 0.1) is 6.42 Å². The van der Waals surface area contributed by atoms with Crippen LogP contribution in [0.2, 0.25) is 0 Å². The molecule has 0 aromatic heterocycles. The fraction of sp³-hybridized carbons (Fsp3) is 0.429. The maximum absolute atomic E-state index is 12.3. The van der Waals surface area contributed by atoms with Gasteiger partial charge in [0.2, 0.25) is 5.91 Å². The minimum Gasteiger partial charge on any atom is -0.319 e. The maximum Gasteiger partial charge on any atom is 0.260 e. The number of carbonyl (C=O) groups is 2. The molecule has 0 fully saturated rings. The third-order valence-corrected chi connectivity index (χ3v) is 3.18. The van der Waals surface area contributed by atoms with Crippen molar-refractivity contribution in [3.8, 4) is 0 Å². The number of hydrogen-bond acceptors (Lipinski definition) is 3. The number of fused-ring (bicyclic) bond motifs is 1. The highest BCUT2D eigenvalue weighted by Crippen LogP contribution is 2.20. The Hall–Kier alpha value is -1.68. The van der Waals surface area contributed by atoms with E-state index < -0.39 is 0 Å². The van der Waals surface area contributed by atoms with Gasteiger partial charge in [-0.15, -0.1) is 0 Å². The summed E-state index contributed by atoms with van der Waals surface area (Å²) in [6.07, 6.45) is 0.328. The average Bonchev–Trinajstić information content (AvgIpc) is 2.35. The van der Waals surface area contributed by atoms with Gasteiger partial charge in [0.15, 0.2) is 0 Å². The zero-order chi connectivity index (χ0) is 13.1. The molecule has 0 bridgehead atoms. The minimum absolute atomic E-state index is 0.0957. The van der Waals surface area contributed by atoms with E-state index in [0.29, 0.717) is 18.5 Å². The van der Waals surface area contributed by atoms with Crippen LogP contribution in [0.5, 0.6) is 0 Å². The van der Waals surface area contributed by atoms with Crippen LogP contribution in [0.3, 0.4) is 0 Å². The molecule has 1 aromatic rings. The second-order valence-corrected chi connectivity index (χ2v) is 4.81. The van der Waals surface area contributed by atoms with Crippen LogP contribution in [-0.4, -0.2) is 36.9 Å². The monoisotopic (exact) mass is 246 g/mol. The van der Waals surface area contributed by atoms with E-state index in [9.17, 15) is 9.59 Å². The van der Waals surface area contributed by atoms with Crippen LogP contribution in [0.1, 0.15) is 22.8 Å². The Bertz CT molecular complexity index is 471. The Morgan fingerprint density at radius 2 is 2.06 bits per heavy atom. The summed E-state index contributed by atoms with van der Waals surface area (Å²) in [5.74, 6) is -0.000353. The van der Waals surface area contributed by atoms with Crippen molar-refractivity contribution in [2.24, 2.45) is 5.92 Å². The molecule has 1 atom stereocenters. The normalized spacial score (nSPS) is 16.7. The second kappa shape index (κ2) is 5.31. The Balaban J connectivity index is 2.19. The molecule has 0 radical (unpaired) electrons. The molecule has 4 nitrogen and oxygen atoms in total. The molecule has 0 spiro atoms. The highest BCUT2D eigenvalue weighted by molar-refractivity contribution is 6.09. The van der Waals surface area contributed by atoms with Gasteiger partial charge in [-0.3, -0.25) is 14.5 Å². The molecule has 2 amide bonds. The van der Waals surface area contributed by atoms with E-state index in [1.165, 1.54) is 4.90 Å². The third-order valence-electron chi connectivity index (χ3n) is 3.18. The summed E-state index contributed by atoms with van der Waals surface area (Å²) in [4.78, 5) is 25.6. The lowest BCUT2D eigenvalue weighted by Crippen LogP contribution is -2.45. The Labute approximate surface area is 107 Å². The van der Waals surface area contributed by atoms with E-state index in [0.717, 1.165) is 12.1 Å². The van der Waals surface area contributed by atoms with Crippen LogP contribution in [0, 0.1) is 5.92 Å². The number of hydrogen-bond donors (Lipinski definition) is 1. The van der Waals surface area contributed by atoms with Gasteiger partial charge in [0, 0.05) is 12.1 Å². The van der Waals surface area contributed by atoms with Crippen molar-refractivity contribution in [2.45, 2.75) is 13.3 Å². The Morgan fingerprint density at radius 3 is 2.78 bits per heavy atom. The lowest BCUT2D eigenvalue weighted by molar-refractivity contribution is -0.128. The van der Waals surface area contributed by atoms with E-state index in [1.807, 2.05) is 32.2 Å². The SMILES string of the molecule is CNCC(C)CN1C(=O)Cc2ccccc2C1=O. The smallest absolute Gasteiger partial charge is 0.260 e. The zero-order valence-electron chi connectivity index (χ0n) is 10.8. The summed E-state index contributed by atoms with van der Waals surface area (Å²) in [6, 6.07) is 7.33. The molecule has 1 aliphatic heterocycles. The molecule has 0 saturated carbocycles. The fourth-order valence-electron chi connectivity index (χ4n) is 2.31. The third kappa shape index (κ3) is 2.43. The average molecular weight is 246 g/mol. The number of benzene rings is 1. The molecular weight excluding hydrogens is 228 g/mol. The minimum atomic E-state index is -0.162. The number of carbonyl (C=O) groups excluding carboxylic acids is 2. The van der Waals surface area contributed by atoms with Crippen LogP contribution in [0.25, 0.3) is 0 Å². The highest BCUT2D eigenvalue weighted by Gasteiger charge is 2.31. The first-order valence-corrected chi connectivity index (χ1v) is 6.20. The molecule has 1 aromatic carbocycles. The van der Waals surface area contributed by atoms with Crippen molar-refractivity contribution >= 4 is 11.8 Å². The van der Waals surface area contributed by atoms with E-state index >= 15 is 0 Å². The van der Waals surface area contributed by atoms with E-state index in [1.54, 1.807) is 6.07 Å². The molecule has 4 heteroatoms. The van der Waals surface area contributed by atoms with Gasteiger partial charge in [-0.2, -0.15) is 0 Å². The summed E-state index contributed by atoms with van der Waals surface area (Å²) >= 11 is 0. The van der Waals surface area contributed by atoms with Crippen molar-refractivity contribution in [1.29, 1.82) is 0 Å². The maximum atomic E-state index is 12.3. The lowest BCUT2D eigenvalue weighted by atomic mass is 9.97. The number of nitrogens with one attached hydrogen (secondary N) is 1. The standard InChI is InChI=1S/C14H18N2O2/c1-10(8-15-2)9-16-13(17)7-11-5-3-4-6-12(11)14(16)18/h3-6,10,15H,7-9H2,1-2H3. The Morgan fingerprint density at radius 1 is 1.33 bits per heavy atom. The van der Waals surface area contributed by atoms with Crippen LogP contribution in [0.4, 0.5) is 0 Å². The van der Waals surface area contributed by atoms with Gasteiger partial charge in [-0.25, -0.2) is 0 Å². The molecule has 0 saturated heterocycles. The van der Waals surface area contributed by atoms with E-state index in [2.05, 4.69) is 5.32 Å². The van der Waals surface area contributed by atoms with E-state index in [4.69, 9.17) is 0 Å². The second-order valence-electron chi connectivity index (χ2n) is 4.81. The summed E-state index contributed by atoms with van der Waals surface area (Å²) in [7, 11) is 1.87. The van der Waals surface area contributed by atoms with Gasteiger partial charge in [-0.05, 0) is 31.1 Å². The van der Waals surface area contributed by atoms with Crippen LogP contribution in [-0.2, 0) is 11.2 Å². The van der Waals surface area contributed by atoms with Crippen molar-refractivity contribution in [2.75, 3.05) is 20.1 Å². The van der Waals surface area contributed by atoms with Crippen LogP contribution < -0.4 is 5.32 Å². The number of amides is 2. The van der Waals surface area contributed by atoms with Gasteiger partial charge in [0.25, 0.3) is 5.91 Å². The van der Waals surface area contributed by atoms with E-state index in [-0.39, 0.29) is 17.7 Å². The summed E-state index contributed by atoms with van der Waals surface area (Å²) in [5.41, 5.74) is 1.50. The molecule has 1 heterocycles. The number of imide groups is 1. The molecule has 1 N–H and O–H groups in total. The number of rotatable bonds is 4. The highest BCUT2D eigenvalue weighted by atomic mass is 16.2. The fourth-order valence-corrected chi connectivity index (χ4v) is 2.31. The Kier molecular flexibility index (Phi) is 3.77. The summed E-state index contributed by atoms with van der Waals surface area (Å²) in [5, 5.41) is 3.06. The quantitative estimate of drug-likeness (QED) is 0.808. The predicted molar refractivity (Wildman–Crippen MR) is 69.3 cm³/mol. The molecular formula is C14H18N2O2. The van der Waals surface area contributed by atoms with Crippen molar-refractivity contribution < 1.29 is 9.59 Å². The molecule has 1 unspecified atom stereocenters. The first kappa shape index (κ1) is 12.8. The molecule has 18 heavy (non-hydrogen) atoms. The first-order chi connectivity index (χ1) is 8.63. The number of nitrogens with zero attached hydrogens (tertiary/aromatic N) is 1. The molecule has 1 aliphatic rings. The first-order valence-electron chi connectivity index (χ1n) is 6.20. The lowest BCUT2D eigenvalue weighted by Gasteiger charge is -2.29. The molecule has 96 valence electrons.